The van der Waals surface area contributed by atoms with E-state index in [1.165, 1.54) is 4.90 Å². The minimum Gasteiger partial charge on any atom is -0.316 e. The molecule has 21 heavy (non-hydrogen) atoms. The highest BCUT2D eigenvalue weighted by Crippen LogP contribution is 2.33. The molecule has 3 unspecified atom stereocenters. The van der Waals surface area contributed by atoms with Crippen LogP contribution in [0.3, 0.4) is 0 Å². The van der Waals surface area contributed by atoms with Gasteiger partial charge < -0.3 is 5.32 Å². The van der Waals surface area contributed by atoms with Gasteiger partial charge in [-0.25, -0.2) is 0 Å². The van der Waals surface area contributed by atoms with Crippen molar-refractivity contribution in [2.45, 2.75) is 38.1 Å². The van der Waals surface area contributed by atoms with Crippen LogP contribution < -0.4 is 5.32 Å². The molecule has 2 aliphatic heterocycles. The van der Waals surface area contributed by atoms with Crippen LogP contribution >= 0.6 is 0 Å². The lowest BCUT2D eigenvalue weighted by Crippen LogP contribution is -2.47. The smallest absolute Gasteiger partial charge is 0.237 e. The molecule has 2 fully saturated rings. The first-order valence-corrected chi connectivity index (χ1v) is 7.80. The predicted molar refractivity (Wildman–Crippen MR) is 80.7 cm³/mol. The molecule has 1 aromatic carbocycles. The van der Waals surface area contributed by atoms with Crippen LogP contribution in [-0.2, 0) is 9.59 Å². The third-order valence-corrected chi connectivity index (χ3v) is 4.81. The number of likely N-dealkylation sites (tertiary alicyclic amines) is 1. The summed E-state index contributed by atoms with van der Waals surface area (Å²) in [6, 6.07) is 9.64. The second-order valence-electron chi connectivity index (χ2n) is 6.12. The number of benzene rings is 1. The molecule has 4 heteroatoms. The Hall–Kier alpha value is -1.68. The van der Waals surface area contributed by atoms with Crippen molar-refractivity contribution >= 4 is 11.8 Å². The Labute approximate surface area is 125 Å². The summed E-state index contributed by atoms with van der Waals surface area (Å²) in [6.45, 7) is 3.95. The Morgan fingerprint density at radius 3 is 2.67 bits per heavy atom. The third-order valence-electron chi connectivity index (χ3n) is 4.81. The summed E-state index contributed by atoms with van der Waals surface area (Å²) in [7, 11) is 0. The number of hydrogen-bond acceptors (Lipinski definition) is 3. The van der Waals surface area contributed by atoms with E-state index in [-0.39, 0.29) is 23.8 Å². The first-order chi connectivity index (χ1) is 10.2. The van der Waals surface area contributed by atoms with Crippen molar-refractivity contribution in [1.29, 1.82) is 0 Å². The monoisotopic (exact) mass is 286 g/mol. The molecule has 0 aliphatic carbocycles. The van der Waals surface area contributed by atoms with Crippen molar-refractivity contribution in [2.24, 2.45) is 5.92 Å². The molecular formula is C17H22N2O2. The summed E-state index contributed by atoms with van der Waals surface area (Å²) in [5.74, 6) is 0.0371. The zero-order chi connectivity index (χ0) is 14.8. The normalized spacial score (nSPS) is 28.0. The molecule has 0 bridgehead atoms. The van der Waals surface area contributed by atoms with Crippen LogP contribution in [0.25, 0.3) is 0 Å². The second kappa shape index (κ2) is 5.98. The highest BCUT2D eigenvalue weighted by molar-refractivity contribution is 6.06. The van der Waals surface area contributed by atoms with Crippen LogP contribution in [0.1, 0.15) is 37.7 Å². The fourth-order valence-electron chi connectivity index (χ4n) is 3.53. The van der Waals surface area contributed by atoms with Gasteiger partial charge in [-0.1, -0.05) is 30.3 Å². The fraction of sp³-hybridized carbons (Fsp3) is 0.529. The SMILES string of the molecule is CC(C1CCCNC1)N1C(=O)CC(c2ccccc2)C1=O. The molecule has 4 nitrogen and oxygen atoms in total. The van der Waals surface area contributed by atoms with E-state index in [1.807, 2.05) is 37.3 Å². The Morgan fingerprint density at radius 1 is 1.24 bits per heavy atom. The topological polar surface area (TPSA) is 49.4 Å². The minimum absolute atomic E-state index is 0.00786. The zero-order valence-corrected chi connectivity index (χ0v) is 12.4. The van der Waals surface area contributed by atoms with Gasteiger partial charge in [0.05, 0.1) is 5.92 Å². The Kier molecular flexibility index (Phi) is 4.06. The van der Waals surface area contributed by atoms with Crippen molar-refractivity contribution < 1.29 is 9.59 Å². The molecule has 2 amide bonds. The average molecular weight is 286 g/mol. The number of nitrogens with zero attached hydrogens (tertiary/aromatic N) is 1. The Balaban J connectivity index is 1.77. The van der Waals surface area contributed by atoms with Crippen molar-refractivity contribution in [3.05, 3.63) is 35.9 Å². The van der Waals surface area contributed by atoms with Gasteiger partial charge in [0.25, 0.3) is 0 Å². The summed E-state index contributed by atoms with van der Waals surface area (Å²) >= 11 is 0. The number of rotatable bonds is 3. The average Bonchev–Trinajstić information content (AvgIpc) is 2.83. The third kappa shape index (κ3) is 2.72. The van der Waals surface area contributed by atoms with Gasteiger partial charge in [-0.05, 0) is 44.3 Å². The highest BCUT2D eigenvalue weighted by Gasteiger charge is 2.43. The second-order valence-corrected chi connectivity index (χ2v) is 6.12. The van der Waals surface area contributed by atoms with E-state index in [1.54, 1.807) is 0 Å². The molecular weight excluding hydrogens is 264 g/mol. The van der Waals surface area contributed by atoms with Gasteiger partial charge in [0.2, 0.25) is 11.8 Å². The van der Waals surface area contributed by atoms with E-state index in [9.17, 15) is 9.59 Å². The molecule has 1 N–H and O–H groups in total. The molecule has 3 atom stereocenters. The molecule has 0 saturated carbocycles. The van der Waals surface area contributed by atoms with Crippen molar-refractivity contribution in [3.63, 3.8) is 0 Å². The number of piperidine rings is 1. The molecule has 112 valence electrons. The quantitative estimate of drug-likeness (QED) is 0.864. The molecule has 0 aromatic heterocycles. The van der Waals surface area contributed by atoms with Gasteiger partial charge in [-0.15, -0.1) is 0 Å². The van der Waals surface area contributed by atoms with E-state index < -0.39 is 0 Å². The van der Waals surface area contributed by atoms with Crippen LogP contribution in [0.4, 0.5) is 0 Å². The maximum absolute atomic E-state index is 12.7. The first-order valence-electron chi connectivity index (χ1n) is 7.80. The summed E-state index contributed by atoms with van der Waals surface area (Å²) in [5, 5.41) is 3.36. The molecule has 1 aromatic rings. The maximum Gasteiger partial charge on any atom is 0.237 e. The lowest BCUT2D eigenvalue weighted by molar-refractivity contribution is -0.142. The lowest BCUT2D eigenvalue weighted by atomic mass is 9.91. The fourth-order valence-corrected chi connectivity index (χ4v) is 3.53. The number of carbonyl (C=O) groups is 2. The van der Waals surface area contributed by atoms with Crippen molar-refractivity contribution in [1.82, 2.24) is 10.2 Å². The van der Waals surface area contributed by atoms with E-state index in [2.05, 4.69) is 5.32 Å². The van der Waals surface area contributed by atoms with Crippen LogP contribution in [0.2, 0.25) is 0 Å². The van der Waals surface area contributed by atoms with Crippen LogP contribution in [0.5, 0.6) is 0 Å². The zero-order valence-electron chi connectivity index (χ0n) is 12.4. The van der Waals surface area contributed by atoms with Crippen LogP contribution in [-0.4, -0.2) is 35.8 Å². The Bertz CT molecular complexity index is 523. The predicted octanol–water partition coefficient (Wildman–Crippen LogP) is 1.92. The van der Waals surface area contributed by atoms with E-state index >= 15 is 0 Å². The molecule has 2 heterocycles. The number of nitrogens with one attached hydrogen (secondary N) is 1. The number of imide groups is 1. The standard InChI is InChI=1S/C17H22N2O2/c1-12(14-8-5-9-18-11-14)19-16(20)10-15(17(19)21)13-6-3-2-4-7-13/h2-4,6-7,12,14-15,18H,5,8-11H2,1H3. The highest BCUT2D eigenvalue weighted by atomic mass is 16.2. The van der Waals surface area contributed by atoms with Gasteiger partial charge in [0.1, 0.15) is 0 Å². The van der Waals surface area contributed by atoms with Gasteiger partial charge in [-0.2, -0.15) is 0 Å². The molecule has 0 radical (unpaired) electrons. The van der Waals surface area contributed by atoms with Gasteiger partial charge in [0.15, 0.2) is 0 Å². The van der Waals surface area contributed by atoms with E-state index in [0.29, 0.717) is 12.3 Å². The van der Waals surface area contributed by atoms with Gasteiger partial charge in [-0.3, -0.25) is 14.5 Å². The van der Waals surface area contributed by atoms with Gasteiger partial charge in [0, 0.05) is 12.5 Å². The number of carbonyl (C=O) groups excluding carboxylic acids is 2. The summed E-state index contributed by atoms with van der Waals surface area (Å²) in [5.41, 5.74) is 0.951. The number of amides is 2. The summed E-state index contributed by atoms with van der Waals surface area (Å²) < 4.78 is 0. The van der Waals surface area contributed by atoms with Crippen LogP contribution in [0.15, 0.2) is 30.3 Å². The Morgan fingerprint density at radius 2 is 2.00 bits per heavy atom. The summed E-state index contributed by atoms with van der Waals surface area (Å²) in [6.07, 6.45) is 2.52. The molecule has 2 aliphatic rings. The van der Waals surface area contributed by atoms with Crippen molar-refractivity contribution in [2.75, 3.05) is 13.1 Å². The molecule has 0 spiro atoms. The first kappa shape index (κ1) is 14.3. The van der Waals surface area contributed by atoms with Gasteiger partial charge >= 0.3 is 0 Å². The minimum atomic E-state index is -0.294. The maximum atomic E-state index is 12.7. The van der Waals surface area contributed by atoms with E-state index in [4.69, 9.17) is 0 Å². The van der Waals surface area contributed by atoms with Crippen molar-refractivity contribution in [3.8, 4) is 0 Å². The number of hydrogen-bond donors (Lipinski definition) is 1. The largest absolute Gasteiger partial charge is 0.316 e. The molecule has 3 rings (SSSR count). The van der Waals surface area contributed by atoms with Crippen LogP contribution in [0, 0.1) is 5.92 Å². The van der Waals surface area contributed by atoms with E-state index in [0.717, 1.165) is 31.5 Å². The molecule has 2 saturated heterocycles. The summed E-state index contributed by atoms with van der Waals surface area (Å²) in [4.78, 5) is 26.5. The lowest BCUT2D eigenvalue weighted by Gasteiger charge is -2.33.